The van der Waals surface area contributed by atoms with Crippen molar-refractivity contribution in [3.63, 3.8) is 0 Å². The van der Waals surface area contributed by atoms with Gasteiger partial charge in [0.1, 0.15) is 17.3 Å². The van der Waals surface area contributed by atoms with Crippen LogP contribution < -0.4 is 0 Å². The number of phenolic OH excluding ortho intramolecular Hbond substituents is 2. The zero-order valence-electron chi connectivity index (χ0n) is 46.6. The molecule has 8 aromatic rings. The van der Waals surface area contributed by atoms with Gasteiger partial charge in [0, 0.05) is 87.4 Å². The van der Waals surface area contributed by atoms with Crippen molar-refractivity contribution >= 4 is 11.9 Å². The number of methoxy groups -OCH3 is 2. The van der Waals surface area contributed by atoms with Crippen molar-refractivity contribution in [1.29, 1.82) is 0 Å². The van der Waals surface area contributed by atoms with Crippen LogP contribution in [-0.4, -0.2) is 132 Å². The van der Waals surface area contributed by atoms with Gasteiger partial charge >= 0.3 is 11.9 Å². The number of esters is 2. The van der Waals surface area contributed by atoms with Crippen LogP contribution in [-0.2, 0) is 45.0 Å². The lowest BCUT2D eigenvalue weighted by Crippen LogP contribution is -2.56. The maximum atomic E-state index is 11.5. The van der Waals surface area contributed by atoms with E-state index in [-0.39, 0.29) is 48.4 Å². The van der Waals surface area contributed by atoms with Gasteiger partial charge in [0.15, 0.2) is 5.82 Å². The number of carbonyl (C=O) groups is 2. The molecule has 0 radical (unpaired) electrons. The third kappa shape index (κ3) is 14.4. The normalized spacial score (nSPS) is 18.9. The minimum Gasteiger partial charge on any atom is -0.508 e. The summed E-state index contributed by atoms with van der Waals surface area (Å²) in [5.41, 5.74) is 8.73. The Morgan fingerprint density at radius 2 is 1.04 bits per heavy atom. The second-order valence-electron chi connectivity index (χ2n) is 21.1. The highest BCUT2D eigenvalue weighted by Gasteiger charge is 2.37. The Kier molecular flexibility index (Phi) is 19.0. The average molecular weight is 1080 g/mol. The first kappa shape index (κ1) is 56.7. The number of aromatic amines is 1. The van der Waals surface area contributed by atoms with Crippen molar-refractivity contribution in [1.82, 2.24) is 45.0 Å². The van der Waals surface area contributed by atoms with Crippen LogP contribution in [0.25, 0.3) is 22.8 Å². The molecule has 416 valence electrons. The molecule has 2 aromatic heterocycles. The molecule has 3 N–H and O–H groups in total. The maximum absolute atomic E-state index is 11.5. The molecule has 6 unspecified atom stereocenters. The minimum absolute atomic E-state index is 0.0137. The Balaban J connectivity index is 0.000000194. The van der Waals surface area contributed by atoms with Crippen LogP contribution in [0.4, 0.5) is 0 Å². The van der Waals surface area contributed by atoms with Gasteiger partial charge in [-0.2, -0.15) is 5.10 Å². The molecule has 2 saturated heterocycles. The number of hydrogen-bond acceptors (Lipinski definition) is 15. The fraction of sp³-hybridized carbons (Fsp3) is 0.344. The molecule has 80 heavy (non-hydrogen) atoms. The van der Waals surface area contributed by atoms with E-state index in [0.29, 0.717) is 60.4 Å². The molecule has 6 atom stereocenters. The number of benzene rings is 6. The van der Waals surface area contributed by atoms with Crippen molar-refractivity contribution in [2.75, 3.05) is 40.4 Å². The number of phenols is 2. The zero-order valence-corrected chi connectivity index (χ0v) is 46.6. The van der Waals surface area contributed by atoms with Crippen molar-refractivity contribution in [3.05, 3.63) is 203 Å². The summed E-state index contributed by atoms with van der Waals surface area (Å²) in [5, 5.41) is 36.2. The molecule has 4 heterocycles. The largest absolute Gasteiger partial charge is 0.508 e. The third-order valence-corrected chi connectivity index (χ3v) is 15.3. The van der Waals surface area contributed by atoms with Crippen LogP contribution in [0.1, 0.15) is 97.7 Å². The summed E-state index contributed by atoms with van der Waals surface area (Å²) < 4.78 is 15.2. The van der Waals surface area contributed by atoms with Crippen LogP contribution in [0.15, 0.2) is 162 Å². The number of nitrogens with one attached hydrogen (secondary N) is 1. The van der Waals surface area contributed by atoms with Gasteiger partial charge in [-0.3, -0.25) is 34.3 Å². The van der Waals surface area contributed by atoms with Crippen LogP contribution in [0.5, 0.6) is 11.5 Å². The highest BCUT2D eigenvalue weighted by atomic mass is 16.5. The van der Waals surface area contributed by atoms with Crippen LogP contribution in [0.2, 0.25) is 0 Å². The van der Waals surface area contributed by atoms with E-state index >= 15 is 0 Å². The Morgan fingerprint density at radius 3 is 1.51 bits per heavy atom. The molecule has 0 spiro atoms. The highest BCUT2D eigenvalue weighted by molar-refractivity contribution is 5.69. The Hall–Kier alpha value is -8.02. The van der Waals surface area contributed by atoms with Gasteiger partial charge in [0.05, 0.1) is 39.1 Å². The quantitative estimate of drug-likeness (QED) is 0.0689. The number of ether oxygens (including phenoxy) is 2. The second-order valence-corrected chi connectivity index (χ2v) is 21.1. The molecule has 0 saturated carbocycles. The number of H-pyrrole nitrogens is 1. The van der Waals surface area contributed by atoms with Crippen molar-refractivity contribution in [2.45, 2.75) is 103 Å². The summed E-state index contributed by atoms with van der Waals surface area (Å²) in [6.07, 6.45) is 1.23. The second kappa shape index (κ2) is 26.8. The van der Waals surface area contributed by atoms with Gasteiger partial charge in [-0.05, 0) is 97.5 Å². The van der Waals surface area contributed by atoms with Crippen LogP contribution in [0, 0.1) is 0 Å². The standard InChI is InChI=1S/C32H37N5O3.C32H36N4O4/c1-22-20-37(23(2)19-36(22)21-24-8-5-4-6-9-24)31(27-10-7-11-28(38)18-27)25-12-14-26(15-13-25)32-33-29(34-35-32)16-17-30(39)40-3;1-22-20-36(23(2)19-35(22)21-24-8-5-4-6-9-24)31(27-10-7-11-28(37)18-27)25-12-14-26(15-13-25)32-34-33-29(40-32)16-17-30(38)39-3/h4-15,18,22-23,31,38H,16-17,19-21H2,1-3H3,(H,33,34,35);4-15,18,22-23,31,37H,16-17,19-21H2,1-3H3. The van der Waals surface area contributed by atoms with Gasteiger partial charge < -0.3 is 24.1 Å². The highest BCUT2D eigenvalue weighted by Crippen LogP contribution is 2.38. The summed E-state index contributed by atoms with van der Waals surface area (Å²) in [6, 6.07) is 54.2. The lowest BCUT2D eigenvalue weighted by molar-refractivity contribution is -0.141. The fourth-order valence-electron chi connectivity index (χ4n) is 11.0. The first-order valence-corrected chi connectivity index (χ1v) is 27.6. The zero-order chi connectivity index (χ0) is 56.1. The van der Waals surface area contributed by atoms with Gasteiger partial charge in [-0.1, -0.05) is 121 Å². The molecule has 0 amide bonds. The van der Waals surface area contributed by atoms with Crippen LogP contribution >= 0.6 is 0 Å². The number of hydrogen-bond donors (Lipinski definition) is 3. The van der Waals surface area contributed by atoms with E-state index in [1.54, 1.807) is 12.1 Å². The number of aryl methyl sites for hydroxylation is 2. The molecule has 2 aliphatic heterocycles. The third-order valence-electron chi connectivity index (χ3n) is 15.3. The number of carbonyl (C=O) groups excluding carboxylic acids is 2. The topological polar surface area (TPSA) is 187 Å². The van der Waals surface area contributed by atoms with Gasteiger partial charge in [0.25, 0.3) is 0 Å². The Morgan fingerprint density at radius 1 is 0.562 bits per heavy atom. The van der Waals surface area contributed by atoms with E-state index in [9.17, 15) is 19.8 Å². The van der Waals surface area contributed by atoms with E-state index in [0.717, 1.165) is 72.6 Å². The molecule has 0 bridgehead atoms. The smallest absolute Gasteiger partial charge is 0.306 e. The lowest BCUT2D eigenvalue weighted by atomic mass is 9.92. The molecule has 16 nitrogen and oxygen atoms in total. The summed E-state index contributed by atoms with van der Waals surface area (Å²) in [6.45, 7) is 14.7. The number of rotatable bonds is 18. The van der Waals surface area contributed by atoms with E-state index in [1.807, 2.05) is 48.5 Å². The summed E-state index contributed by atoms with van der Waals surface area (Å²) in [5.74, 6) is 2.00. The predicted molar refractivity (Wildman–Crippen MR) is 307 cm³/mol. The molecule has 0 aliphatic carbocycles. The van der Waals surface area contributed by atoms with Crippen molar-refractivity contribution < 1.29 is 33.7 Å². The SMILES string of the molecule is COC(=O)CCc1nc(-c2ccc(C(c3cccc(O)c3)N3CC(C)N(Cc4ccccc4)CC3C)cc2)n[nH]1.COC(=O)CCc1nnc(-c2ccc(C(c3cccc(O)c3)N3CC(C)N(Cc4ccccc4)CC3C)cc2)o1. The first-order valence-electron chi connectivity index (χ1n) is 27.6. The van der Waals surface area contributed by atoms with E-state index < -0.39 is 0 Å². The average Bonchev–Trinajstić information content (AvgIpc) is 4.22. The number of aromatic nitrogens is 5. The van der Waals surface area contributed by atoms with Crippen LogP contribution in [0.3, 0.4) is 0 Å². The number of nitrogens with zero attached hydrogens (tertiary/aromatic N) is 8. The summed E-state index contributed by atoms with van der Waals surface area (Å²) in [4.78, 5) is 37.7. The van der Waals surface area contributed by atoms with E-state index in [1.165, 1.54) is 25.3 Å². The lowest BCUT2D eigenvalue weighted by Gasteiger charge is -2.47. The first-order chi connectivity index (χ1) is 38.8. The molecule has 10 rings (SSSR count). The fourth-order valence-corrected chi connectivity index (χ4v) is 11.0. The monoisotopic (exact) mass is 1080 g/mol. The summed E-state index contributed by atoms with van der Waals surface area (Å²) in [7, 11) is 2.74. The Bertz CT molecular complexity index is 3030. The van der Waals surface area contributed by atoms with Crippen molar-refractivity contribution in [3.8, 4) is 34.3 Å². The van der Waals surface area contributed by atoms with Gasteiger partial charge in [0.2, 0.25) is 11.8 Å². The molecular formula is C64H73N9O7. The molecular weight excluding hydrogens is 1010 g/mol. The maximum Gasteiger partial charge on any atom is 0.306 e. The summed E-state index contributed by atoms with van der Waals surface area (Å²) >= 11 is 0. The molecule has 6 aromatic carbocycles. The van der Waals surface area contributed by atoms with Gasteiger partial charge in [-0.15, -0.1) is 10.2 Å². The number of piperazine rings is 2. The minimum atomic E-state index is -0.313. The van der Waals surface area contributed by atoms with Crippen molar-refractivity contribution in [2.24, 2.45) is 0 Å². The molecule has 2 aliphatic rings. The molecule has 2 fully saturated rings. The van der Waals surface area contributed by atoms with E-state index in [4.69, 9.17) is 9.15 Å². The predicted octanol–water partition coefficient (Wildman–Crippen LogP) is 10.2. The Labute approximate surface area is 469 Å². The van der Waals surface area contributed by atoms with Gasteiger partial charge in [-0.25, -0.2) is 4.98 Å². The number of aromatic hydroxyl groups is 2. The molecule has 16 heteroatoms. The van der Waals surface area contributed by atoms with E-state index in [2.05, 4.69) is 174 Å².